The molecule has 2 aromatic heterocycles. The predicted molar refractivity (Wildman–Crippen MR) is 105 cm³/mol. The highest BCUT2D eigenvalue weighted by Gasteiger charge is 2.46. The number of hydrogen-bond acceptors (Lipinski definition) is 10. The van der Waals surface area contributed by atoms with Crippen molar-refractivity contribution < 1.29 is 33.1 Å². The van der Waals surface area contributed by atoms with Gasteiger partial charge in [0, 0.05) is 7.05 Å². The van der Waals surface area contributed by atoms with Gasteiger partial charge in [0.25, 0.3) is 18.0 Å². The smallest absolute Gasteiger partial charge is 0.331 e. The van der Waals surface area contributed by atoms with Gasteiger partial charge in [-0.15, -0.1) is 5.10 Å². The molecule has 4 heterocycles. The third-order valence-electron chi connectivity index (χ3n) is 4.76. The number of amides is 1. The number of nitrogens with one attached hydrogen (secondary N) is 2. The molecule has 0 aromatic carbocycles. The van der Waals surface area contributed by atoms with Gasteiger partial charge in [-0.1, -0.05) is 15.2 Å². The lowest BCUT2D eigenvalue weighted by Gasteiger charge is -2.11. The van der Waals surface area contributed by atoms with Crippen LogP contribution in [0.4, 0.5) is 26.1 Å². The van der Waals surface area contributed by atoms with Gasteiger partial charge in [0.1, 0.15) is 18.3 Å². The minimum Gasteiger partial charge on any atom is -0.387 e. The maximum Gasteiger partial charge on any atom is 0.331 e. The molecule has 0 aliphatic carbocycles. The lowest BCUT2D eigenvalue weighted by atomic mass is 10.1. The van der Waals surface area contributed by atoms with Crippen LogP contribution in [-0.2, 0) is 9.53 Å². The van der Waals surface area contributed by atoms with Crippen LogP contribution in [0.2, 0.25) is 0 Å². The maximum absolute atomic E-state index is 12.8. The number of aromatic nitrogens is 5. The van der Waals surface area contributed by atoms with E-state index in [-0.39, 0.29) is 23.3 Å². The number of likely N-dealkylation sites (N-methyl/N-ethyl adjacent to an activating group) is 1. The number of aliphatic imine (C=N–C) groups is 1. The minimum absolute atomic E-state index is 0.0428. The highest BCUT2D eigenvalue weighted by atomic mass is 19.3. The van der Waals surface area contributed by atoms with Gasteiger partial charge in [0.15, 0.2) is 11.9 Å². The summed E-state index contributed by atoms with van der Waals surface area (Å²) >= 11 is 0. The van der Waals surface area contributed by atoms with Gasteiger partial charge in [-0.25, -0.2) is 13.4 Å². The lowest BCUT2D eigenvalue weighted by molar-refractivity contribution is -0.294. The van der Waals surface area contributed by atoms with Crippen LogP contribution in [0.3, 0.4) is 0 Å². The molecule has 1 unspecified atom stereocenters. The second-order valence-electron chi connectivity index (χ2n) is 7.04. The van der Waals surface area contributed by atoms with Crippen molar-refractivity contribution in [1.29, 1.82) is 0 Å². The van der Waals surface area contributed by atoms with Crippen LogP contribution < -0.4 is 10.6 Å². The molecule has 4 atom stereocenters. The topological polar surface area (TPSA) is 163 Å². The van der Waals surface area contributed by atoms with Gasteiger partial charge >= 0.3 is 11.8 Å². The molecule has 0 spiro atoms. The molecular weight excluding hydrogens is 432 g/mol. The normalized spacial score (nSPS) is 25.5. The zero-order chi connectivity index (χ0) is 23.0. The maximum atomic E-state index is 12.8. The molecule has 32 heavy (non-hydrogen) atoms. The largest absolute Gasteiger partial charge is 0.387 e. The van der Waals surface area contributed by atoms with Crippen molar-refractivity contribution in [3.8, 4) is 5.95 Å². The van der Waals surface area contributed by atoms with Crippen LogP contribution in [0.15, 0.2) is 11.2 Å². The summed E-state index contributed by atoms with van der Waals surface area (Å²) in [6, 6.07) is 0. The molecule has 2 aromatic rings. The van der Waals surface area contributed by atoms with Crippen molar-refractivity contribution in [2.45, 2.75) is 37.8 Å². The van der Waals surface area contributed by atoms with Crippen molar-refractivity contribution in [3.63, 3.8) is 0 Å². The molecule has 1 fully saturated rings. The van der Waals surface area contributed by atoms with Crippen LogP contribution in [0.5, 0.6) is 0 Å². The molecule has 0 radical (unpaired) electrons. The number of nitrogens with zero attached hydrogens (tertiary/aromatic N) is 7. The first-order chi connectivity index (χ1) is 15.3. The van der Waals surface area contributed by atoms with E-state index in [0.717, 1.165) is 0 Å². The molecule has 170 valence electrons. The van der Waals surface area contributed by atoms with Gasteiger partial charge in [-0.05, 0) is 6.92 Å². The SMILES string of the molecule is CNC(=O)[C@H]1OC(C=[N+]2C=Nc3c(NCC(F)F)nc(-n4cc(C)nn4)nc32)[C@H](O)[C@@H]1O. The Bertz CT molecular complexity index is 1090. The number of aliphatic hydroxyl groups excluding tert-OH is 2. The van der Waals surface area contributed by atoms with Crippen molar-refractivity contribution in [3.05, 3.63) is 11.9 Å². The Balaban J connectivity index is 1.71. The van der Waals surface area contributed by atoms with E-state index in [1.165, 1.54) is 28.9 Å². The fraction of sp³-hybridized carbons (Fsp3) is 0.471. The number of anilines is 1. The van der Waals surface area contributed by atoms with E-state index in [0.29, 0.717) is 5.69 Å². The van der Waals surface area contributed by atoms with Crippen LogP contribution in [0, 0.1) is 6.92 Å². The van der Waals surface area contributed by atoms with E-state index >= 15 is 0 Å². The van der Waals surface area contributed by atoms with E-state index in [1.807, 2.05) is 0 Å². The van der Waals surface area contributed by atoms with Gasteiger partial charge in [0.05, 0.1) is 24.7 Å². The summed E-state index contributed by atoms with van der Waals surface area (Å²) in [5.41, 5.74) is 0.769. The molecule has 13 nitrogen and oxygen atoms in total. The standard InChI is InChI=1S/C17H19F2N9O4/c1-7-4-28(26-25-7)17-23-14(21-3-9(18)19)10-15(24-17)27(6-22-10)5-8-11(29)12(30)13(32-8)16(31)20-2/h4-6,8-9,11-13,29-30H,3H2,1-2H3,(H-,20,21,23,24,31)/p+1/t8?,11-,12-,13-/m0/s1. The average Bonchev–Trinajstić information content (AvgIpc) is 3.46. The molecule has 2 aliphatic rings. The average molecular weight is 452 g/mol. The second-order valence-corrected chi connectivity index (χ2v) is 7.04. The van der Waals surface area contributed by atoms with Gasteiger partial charge in [0.2, 0.25) is 6.34 Å². The summed E-state index contributed by atoms with van der Waals surface area (Å²) < 4.78 is 33.7. The minimum atomic E-state index is -2.63. The Hall–Kier alpha value is -3.43. The molecular formula is C17H20F2N9O4+. The van der Waals surface area contributed by atoms with E-state index in [1.54, 1.807) is 13.1 Å². The fourth-order valence-electron chi connectivity index (χ4n) is 3.20. The highest BCUT2D eigenvalue weighted by molar-refractivity contribution is 5.84. The Morgan fingerprint density at radius 2 is 2.16 bits per heavy atom. The van der Waals surface area contributed by atoms with Crippen LogP contribution in [0.1, 0.15) is 5.69 Å². The summed E-state index contributed by atoms with van der Waals surface area (Å²) in [6.07, 6.45) is -3.58. The molecule has 2 aliphatic heterocycles. The molecule has 1 saturated heterocycles. The zero-order valence-corrected chi connectivity index (χ0v) is 16.9. The first kappa shape index (κ1) is 21.8. The number of carbonyl (C=O) groups is 1. The van der Waals surface area contributed by atoms with Crippen molar-refractivity contribution in [2.24, 2.45) is 4.99 Å². The molecule has 4 rings (SSSR count). The number of carbonyl (C=O) groups excluding carboxylic acids is 1. The Labute approximate surface area is 179 Å². The first-order valence-electron chi connectivity index (χ1n) is 9.52. The number of ether oxygens (including phenoxy) is 1. The number of rotatable bonds is 6. The predicted octanol–water partition coefficient (Wildman–Crippen LogP) is -1.33. The first-order valence-corrected chi connectivity index (χ1v) is 9.52. The van der Waals surface area contributed by atoms with Gasteiger partial charge in [-0.2, -0.15) is 9.67 Å². The van der Waals surface area contributed by atoms with Crippen LogP contribution in [-0.4, -0.2) is 103 Å². The summed E-state index contributed by atoms with van der Waals surface area (Å²) in [6.45, 7) is 1.05. The van der Waals surface area contributed by atoms with E-state index in [9.17, 15) is 23.8 Å². The zero-order valence-electron chi connectivity index (χ0n) is 16.9. The highest BCUT2D eigenvalue weighted by Crippen LogP contribution is 2.36. The second kappa shape index (κ2) is 8.60. The number of aliphatic hydroxyl groups is 2. The number of aryl methyl sites for hydroxylation is 1. The van der Waals surface area contributed by atoms with Crippen LogP contribution in [0.25, 0.3) is 5.95 Å². The third kappa shape index (κ3) is 4.04. The third-order valence-corrected chi connectivity index (χ3v) is 4.76. The quantitative estimate of drug-likeness (QED) is 0.389. The molecule has 15 heteroatoms. The van der Waals surface area contributed by atoms with Gasteiger partial charge < -0.3 is 25.6 Å². The van der Waals surface area contributed by atoms with Crippen molar-refractivity contribution in [1.82, 2.24) is 30.3 Å². The summed E-state index contributed by atoms with van der Waals surface area (Å²) in [4.78, 5) is 24.6. The molecule has 0 bridgehead atoms. The number of alkyl halides is 2. The summed E-state index contributed by atoms with van der Waals surface area (Å²) in [7, 11) is 1.38. The molecule has 1 amide bonds. The Morgan fingerprint density at radius 3 is 2.81 bits per heavy atom. The van der Waals surface area contributed by atoms with E-state index in [2.05, 4.69) is 35.9 Å². The fourth-order valence-corrected chi connectivity index (χ4v) is 3.20. The molecule has 0 saturated carbocycles. The van der Waals surface area contributed by atoms with E-state index < -0.39 is 43.3 Å². The number of halogens is 2. The van der Waals surface area contributed by atoms with Crippen molar-refractivity contribution in [2.75, 3.05) is 18.9 Å². The lowest BCUT2D eigenvalue weighted by Crippen LogP contribution is -2.41. The van der Waals surface area contributed by atoms with Gasteiger partial charge in [-0.3, -0.25) is 4.79 Å². The number of fused-ring (bicyclic) bond motifs is 1. The Kier molecular flexibility index (Phi) is 5.86. The Morgan fingerprint density at radius 1 is 1.38 bits per heavy atom. The monoisotopic (exact) mass is 452 g/mol. The van der Waals surface area contributed by atoms with Crippen molar-refractivity contribution >= 4 is 35.8 Å². The number of hydrogen-bond donors (Lipinski definition) is 4. The van der Waals surface area contributed by atoms with Crippen LogP contribution >= 0.6 is 0 Å². The molecule has 4 N–H and O–H groups in total. The summed E-state index contributed by atoms with van der Waals surface area (Å²) in [5.74, 6) is -0.316. The summed E-state index contributed by atoms with van der Waals surface area (Å²) in [5, 5.41) is 33.1. The van der Waals surface area contributed by atoms with E-state index in [4.69, 9.17) is 4.74 Å².